The molecule has 0 heterocycles. The molecule has 4 heteroatoms. The summed E-state index contributed by atoms with van der Waals surface area (Å²) in [5.41, 5.74) is 5.83. The van der Waals surface area contributed by atoms with E-state index in [0.29, 0.717) is 24.4 Å². The number of carbonyl (C=O) groups is 1. The quantitative estimate of drug-likeness (QED) is 0.761. The fourth-order valence-corrected chi connectivity index (χ4v) is 5.29. The molecule has 0 aromatic carbocycles. The summed E-state index contributed by atoms with van der Waals surface area (Å²) in [6.45, 7) is 6.10. The molecule has 4 aliphatic rings. The lowest BCUT2D eigenvalue weighted by Gasteiger charge is -2.59. The number of nitrogens with two attached hydrogens (primary N) is 1. The Morgan fingerprint density at radius 1 is 1.29 bits per heavy atom. The Labute approximate surface area is 128 Å². The molecule has 120 valence electrons. The molecule has 4 saturated carbocycles. The van der Waals surface area contributed by atoms with Crippen LogP contribution in [0.3, 0.4) is 0 Å². The van der Waals surface area contributed by atoms with E-state index in [0.717, 1.165) is 31.7 Å². The fraction of sp³-hybridized carbons (Fsp3) is 0.941. The van der Waals surface area contributed by atoms with E-state index in [-0.39, 0.29) is 16.8 Å². The second-order valence-electron chi connectivity index (χ2n) is 8.52. The first-order chi connectivity index (χ1) is 9.89. The zero-order valence-electron chi connectivity index (χ0n) is 13.7. The molecule has 4 aliphatic carbocycles. The van der Waals surface area contributed by atoms with Crippen LogP contribution >= 0.6 is 0 Å². The summed E-state index contributed by atoms with van der Waals surface area (Å²) in [6.07, 6.45) is 5.68. The summed E-state index contributed by atoms with van der Waals surface area (Å²) in [7, 11) is 1.54. The van der Waals surface area contributed by atoms with Crippen molar-refractivity contribution in [3.05, 3.63) is 0 Å². The summed E-state index contributed by atoms with van der Waals surface area (Å²) in [4.78, 5) is 12.3. The Morgan fingerprint density at radius 2 is 1.90 bits per heavy atom. The van der Waals surface area contributed by atoms with E-state index >= 15 is 0 Å². The van der Waals surface area contributed by atoms with Gasteiger partial charge in [0.05, 0.1) is 12.5 Å². The smallest absolute Gasteiger partial charge is 0.311 e. The van der Waals surface area contributed by atoms with E-state index in [1.165, 1.54) is 12.8 Å². The first-order valence-corrected chi connectivity index (χ1v) is 8.41. The van der Waals surface area contributed by atoms with E-state index in [2.05, 4.69) is 19.2 Å². The van der Waals surface area contributed by atoms with Crippen LogP contribution < -0.4 is 11.1 Å². The van der Waals surface area contributed by atoms with Gasteiger partial charge < -0.3 is 15.8 Å². The van der Waals surface area contributed by atoms with Crippen molar-refractivity contribution < 1.29 is 9.53 Å². The van der Waals surface area contributed by atoms with Gasteiger partial charge >= 0.3 is 5.97 Å². The Morgan fingerprint density at radius 3 is 2.43 bits per heavy atom. The second-order valence-corrected chi connectivity index (χ2v) is 8.52. The highest BCUT2D eigenvalue weighted by atomic mass is 16.5. The summed E-state index contributed by atoms with van der Waals surface area (Å²) < 4.78 is 5.13. The standard InChI is InChI=1S/C17H30N2O2/c1-16(2,9-18)10-19-14-12-4-11-5-13(14)8-17(6-11,7-12)15(20)21-3/h11-14,19H,4-10,18H2,1-3H3. The Bertz CT molecular complexity index is 405. The highest BCUT2D eigenvalue weighted by molar-refractivity contribution is 5.77. The van der Waals surface area contributed by atoms with Gasteiger partial charge in [0.1, 0.15) is 0 Å². The predicted octanol–water partition coefficient (Wildman–Crippen LogP) is 1.93. The maximum atomic E-state index is 12.3. The summed E-state index contributed by atoms with van der Waals surface area (Å²) in [6, 6.07) is 0.574. The topological polar surface area (TPSA) is 64.3 Å². The van der Waals surface area contributed by atoms with Gasteiger partial charge in [-0.2, -0.15) is 0 Å². The number of carbonyl (C=O) groups excluding carboxylic acids is 1. The van der Waals surface area contributed by atoms with Gasteiger partial charge in [0.25, 0.3) is 0 Å². The average Bonchev–Trinajstić information content (AvgIpc) is 2.45. The fourth-order valence-electron chi connectivity index (χ4n) is 5.29. The molecule has 0 amide bonds. The molecule has 21 heavy (non-hydrogen) atoms. The van der Waals surface area contributed by atoms with Crippen LogP contribution in [-0.4, -0.2) is 32.2 Å². The Hall–Kier alpha value is -0.610. The van der Waals surface area contributed by atoms with Crippen LogP contribution in [0.2, 0.25) is 0 Å². The van der Waals surface area contributed by atoms with E-state index in [1.807, 2.05) is 0 Å². The minimum absolute atomic E-state index is 0.0441. The van der Waals surface area contributed by atoms with E-state index < -0.39 is 0 Å². The van der Waals surface area contributed by atoms with Gasteiger partial charge in [-0.1, -0.05) is 13.8 Å². The molecular formula is C17H30N2O2. The monoisotopic (exact) mass is 294 g/mol. The third kappa shape index (κ3) is 2.61. The number of hydrogen-bond donors (Lipinski definition) is 2. The van der Waals surface area contributed by atoms with Crippen molar-refractivity contribution >= 4 is 5.97 Å². The Balaban J connectivity index is 1.70. The maximum Gasteiger partial charge on any atom is 0.311 e. The molecule has 2 atom stereocenters. The van der Waals surface area contributed by atoms with Crippen LogP contribution in [0.25, 0.3) is 0 Å². The third-order valence-electron chi connectivity index (χ3n) is 6.26. The van der Waals surface area contributed by atoms with Gasteiger partial charge in [0.2, 0.25) is 0 Å². The van der Waals surface area contributed by atoms with Crippen molar-refractivity contribution in [3.63, 3.8) is 0 Å². The van der Waals surface area contributed by atoms with Crippen LogP contribution in [0.4, 0.5) is 0 Å². The van der Waals surface area contributed by atoms with Gasteiger partial charge in [-0.15, -0.1) is 0 Å². The molecule has 0 saturated heterocycles. The molecule has 3 N–H and O–H groups in total. The van der Waals surface area contributed by atoms with Gasteiger partial charge in [0, 0.05) is 12.6 Å². The van der Waals surface area contributed by atoms with Crippen LogP contribution in [0.5, 0.6) is 0 Å². The minimum atomic E-state index is -0.160. The van der Waals surface area contributed by atoms with Crippen molar-refractivity contribution in [1.82, 2.24) is 5.32 Å². The predicted molar refractivity (Wildman–Crippen MR) is 82.6 cm³/mol. The Kier molecular flexibility index (Phi) is 3.81. The van der Waals surface area contributed by atoms with Crippen LogP contribution in [0, 0.1) is 28.6 Å². The zero-order chi connectivity index (χ0) is 15.3. The van der Waals surface area contributed by atoms with Crippen LogP contribution in [-0.2, 0) is 9.53 Å². The molecular weight excluding hydrogens is 264 g/mol. The summed E-state index contributed by atoms with van der Waals surface area (Å²) in [5.74, 6) is 2.07. The highest BCUT2D eigenvalue weighted by Crippen LogP contribution is 2.60. The molecule has 0 radical (unpaired) electrons. The number of ether oxygens (including phenoxy) is 1. The maximum absolute atomic E-state index is 12.3. The molecule has 0 aromatic heterocycles. The second kappa shape index (κ2) is 5.24. The first kappa shape index (κ1) is 15.3. The number of hydrogen-bond acceptors (Lipinski definition) is 4. The van der Waals surface area contributed by atoms with Gasteiger partial charge in [-0.05, 0) is 61.8 Å². The van der Waals surface area contributed by atoms with Crippen LogP contribution in [0.1, 0.15) is 46.0 Å². The van der Waals surface area contributed by atoms with Crippen molar-refractivity contribution in [2.75, 3.05) is 20.2 Å². The minimum Gasteiger partial charge on any atom is -0.469 e. The SMILES string of the molecule is COC(=O)C12CC3CC(C1)C(NCC(C)(C)CN)C(C3)C2. The number of methoxy groups -OCH3 is 1. The lowest BCUT2D eigenvalue weighted by molar-refractivity contribution is -0.171. The zero-order valence-corrected chi connectivity index (χ0v) is 13.7. The summed E-state index contributed by atoms with van der Waals surface area (Å²) >= 11 is 0. The molecule has 2 unspecified atom stereocenters. The van der Waals surface area contributed by atoms with Crippen molar-refractivity contribution in [1.29, 1.82) is 0 Å². The van der Waals surface area contributed by atoms with E-state index in [1.54, 1.807) is 7.11 Å². The highest BCUT2D eigenvalue weighted by Gasteiger charge is 2.58. The van der Waals surface area contributed by atoms with Gasteiger partial charge in [-0.25, -0.2) is 0 Å². The van der Waals surface area contributed by atoms with Crippen molar-refractivity contribution in [3.8, 4) is 0 Å². The molecule has 0 aromatic rings. The number of esters is 1. The summed E-state index contributed by atoms with van der Waals surface area (Å²) in [5, 5.41) is 3.80. The van der Waals surface area contributed by atoms with Crippen molar-refractivity contribution in [2.24, 2.45) is 34.3 Å². The number of rotatable bonds is 5. The molecule has 4 bridgehead atoms. The van der Waals surface area contributed by atoms with Gasteiger partial charge in [-0.3, -0.25) is 4.79 Å². The number of nitrogens with one attached hydrogen (secondary N) is 1. The van der Waals surface area contributed by atoms with Gasteiger partial charge in [0.15, 0.2) is 0 Å². The average molecular weight is 294 g/mol. The lowest BCUT2D eigenvalue weighted by atomic mass is 9.48. The molecule has 4 rings (SSSR count). The molecule has 4 fully saturated rings. The van der Waals surface area contributed by atoms with Crippen molar-refractivity contribution in [2.45, 2.75) is 52.0 Å². The molecule has 0 spiro atoms. The van der Waals surface area contributed by atoms with E-state index in [9.17, 15) is 4.79 Å². The molecule has 0 aliphatic heterocycles. The normalized spacial score (nSPS) is 41.3. The largest absolute Gasteiger partial charge is 0.469 e. The lowest BCUT2D eigenvalue weighted by Crippen LogP contribution is -2.61. The van der Waals surface area contributed by atoms with Crippen LogP contribution in [0.15, 0.2) is 0 Å². The third-order valence-corrected chi connectivity index (χ3v) is 6.26. The first-order valence-electron chi connectivity index (χ1n) is 8.41. The van der Waals surface area contributed by atoms with E-state index in [4.69, 9.17) is 10.5 Å². The molecule has 4 nitrogen and oxygen atoms in total.